The highest BCUT2D eigenvalue weighted by Gasteiger charge is 2.19. The van der Waals surface area contributed by atoms with Crippen LogP contribution in [-0.2, 0) is 11.2 Å². The predicted molar refractivity (Wildman–Crippen MR) is 79.6 cm³/mol. The number of aromatic nitrogens is 2. The molecule has 0 bridgehead atoms. The van der Waals surface area contributed by atoms with Gasteiger partial charge in [-0.3, -0.25) is 9.78 Å². The molecule has 104 valence electrons. The average molecular weight is 287 g/mol. The molecule has 20 heavy (non-hydrogen) atoms. The van der Waals surface area contributed by atoms with E-state index in [4.69, 9.17) is 0 Å². The third-order valence-electron chi connectivity index (χ3n) is 3.50. The molecule has 0 atom stereocenters. The van der Waals surface area contributed by atoms with Crippen molar-refractivity contribution >= 4 is 17.2 Å². The van der Waals surface area contributed by atoms with Gasteiger partial charge in [0.25, 0.3) is 0 Å². The average Bonchev–Trinajstić information content (AvgIpc) is 3.05. The number of carbonyl (C=O) groups is 1. The Morgan fingerprint density at radius 3 is 3.05 bits per heavy atom. The van der Waals surface area contributed by atoms with Crippen molar-refractivity contribution in [1.82, 2.24) is 14.9 Å². The van der Waals surface area contributed by atoms with Crippen LogP contribution in [0.4, 0.5) is 0 Å². The molecule has 1 aliphatic heterocycles. The SMILES string of the molecule is Cc1ccnc(-c2csc(CCN3CCCC3=O)n2)c1. The van der Waals surface area contributed by atoms with Crippen LogP contribution < -0.4 is 0 Å². The van der Waals surface area contributed by atoms with E-state index in [1.807, 2.05) is 28.6 Å². The summed E-state index contributed by atoms with van der Waals surface area (Å²) in [7, 11) is 0. The van der Waals surface area contributed by atoms with Crippen molar-refractivity contribution in [2.24, 2.45) is 0 Å². The number of nitrogens with zero attached hydrogens (tertiary/aromatic N) is 3. The molecule has 1 saturated heterocycles. The monoisotopic (exact) mass is 287 g/mol. The Kier molecular flexibility index (Phi) is 3.78. The Labute approximate surface area is 122 Å². The number of hydrogen-bond donors (Lipinski definition) is 0. The number of amides is 1. The highest BCUT2D eigenvalue weighted by atomic mass is 32.1. The molecule has 1 aliphatic rings. The topological polar surface area (TPSA) is 46.1 Å². The second-order valence-corrected chi connectivity index (χ2v) is 6.02. The smallest absolute Gasteiger partial charge is 0.222 e. The number of pyridine rings is 1. The van der Waals surface area contributed by atoms with E-state index in [1.165, 1.54) is 5.56 Å². The van der Waals surface area contributed by atoms with Gasteiger partial charge in [-0.05, 0) is 31.0 Å². The van der Waals surface area contributed by atoms with Gasteiger partial charge >= 0.3 is 0 Å². The number of hydrogen-bond acceptors (Lipinski definition) is 4. The summed E-state index contributed by atoms with van der Waals surface area (Å²) in [5, 5.41) is 3.12. The number of likely N-dealkylation sites (tertiary alicyclic amines) is 1. The fourth-order valence-electron chi connectivity index (χ4n) is 2.39. The molecular weight excluding hydrogens is 270 g/mol. The normalized spacial score (nSPS) is 15.1. The van der Waals surface area contributed by atoms with Crippen molar-refractivity contribution in [3.8, 4) is 11.4 Å². The lowest BCUT2D eigenvalue weighted by atomic mass is 10.2. The summed E-state index contributed by atoms with van der Waals surface area (Å²) in [6, 6.07) is 4.03. The van der Waals surface area contributed by atoms with Gasteiger partial charge in [0.1, 0.15) is 0 Å². The standard InChI is InChI=1S/C15H17N3OS/c1-11-4-6-16-12(9-11)13-10-20-14(17-13)5-8-18-7-2-3-15(18)19/h4,6,9-10H,2-3,5,7-8H2,1H3. The maximum absolute atomic E-state index is 11.6. The van der Waals surface area contributed by atoms with Crippen LogP contribution in [0.3, 0.4) is 0 Å². The summed E-state index contributed by atoms with van der Waals surface area (Å²) >= 11 is 1.65. The van der Waals surface area contributed by atoms with E-state index in [0.717, 1.165) is 42.3 Å². The molecule has 0 aromatic carbocycles. The van der Waals surface area contributed by atoms with Gasteiger partial charge in [0.15, 0.2) is 0 Å². The molecule has 0 spiro atoms. The molecule has 2 aromatic rings. The van der Waals surface area contributed by atoms with Crippen molar-refractivity contribution in [2.45, 2.75) is 26.2 Å². The summed E-state index contributed by atoms with van der Waals surface area (Å²) in [6.45, 7) is 3.74. The Bertz CT molecular complexity index is 623. The zero-order valence-corrected chi connectivity index (χ0v) is 12.3. The Morgan fingerprint density at radius 2 is 2.30 bits per heavy atom. The second-order valence-electron chi connectivity index (χ2n) is 5.08. The molecule has 0 radical (unpaired) electrons. The van der Waals surface area contributed by atoms with E-state index in [-0.39, 0.29) is 5.91 Å². The first kappa shape index (κ1) is 13.2. The van der Waals surface area contributed by atoms with Crippen molar-refractivity contribution in [2.75, 3.05) is 13.1 Å². The first-order chi connectivity index (χ1) is 9.72. The third-order valence-corrected chi connectivity index (χ3v) is 4.41. The molecule has 5 heteroatoms. The third kappa shape index (κ3) is 2.88. The summed E-state index contributed by atoms with van der Waals surface area (Å²) < 4.78 is 0. The zero-order valence-electron chi connectivity index (χ0n) is 11.5. The molecule has 3 heterocycles. The van der Waals surface area contributed by atoms with Gasteiger partial charge in [0.2, 0.25) is 5.91 Å². The molecule has 4 nitrogen and oxygen atoms in total. The van der Waals surface area contributed by atoms with E-state index in [2.05, 4.69) is 16.9 Å². The molecule has 3 rings (SSSR count). The van der Waals surface area contributed by atoms with E-state index < -0.39 is 0 Å². The second kappa shape index (κ2) is 5.71. The quantitative estimate of drug-likeness (QED) is 0.868. The van der Waals surface area contributed by atoms with Crippen molar-refractivity contribution in [3.63, 3.8) is 0 Å². The van der Waals surface area contributed by atoms with Crippen molar-refractivity contribution in [1.29, 1.82) is 0 Å². The highest BCUT2D eigenvalue weighted by molar-refractivity contribution is 7.09. The largest absolute Gasteiger partial charge is 0.342 e. The maximum atomic E-state index is 11.6. The van der Waals surface area contributed by atoms with E-state index in [9.17, 15) is 4.79 Å². The van der Waals surface area contributed by atoms with Gasteiger partial charge < -0.3 is 4.90 Å². The molecule has 2 aromatic heterocycles. The van der Waals surface area contributed by atoms with Gasteiger partial charge in [-0.1, -0.05) is 0 Å². The van der Waals surface area contributed by atoms with E-state index in [0.29, 0.717) is 6.42 Å². The van der Waals surface area contributed by atoms with Gasteiger partial charge in [-0.2, -0.15) is 0 Å². The summed E-state index contributed by atoms with van der Waals surface area (Å²) in [5.74, 6) is 0.280. The molecule has 1 amide bonds. The lowest BCUT2D eigenvalue weighted by Crippen LogP contribution is -2.26. The van der Waals surface area contributed by atoms with Crippen molar-refractivity contribution in [3.05, 3.63) is 34.3 Å². The van der Waals surface area contributed by atoms with E-state index >= 15 is 0 Å². The Hall–Kier alpha value is -1.75. The van der Waals surface area contributed by atoms with Crippen LogP contribution >= 0.6 is 11.3 Å². The Morgan fingerprint density at radius 1 is 1.40 bits per heavy atom. The highest BCUT2D eigenvalue weighted by Crippen LogP contribution is 2.21. The fourth-order valence-corrected chi connectivity index (χ4v) is 3.17. The number of aryl methyl sites for hydroxylation is 1. The van der Waals surface area contributed by atoms with Crippen LogP contribution in [0.5, 0.6) is 0 Å². The van der Waals surface area contributed by atoms with Crippen LogP contribution in [0.15, 0.2) is 23.7 Å². The molecule has 1 fully saturated rings. The Balaban J connectivity index is 1.66. The van der Waals surface area contributed by atoms with Crippen LogP contribution in [0.25, 0.3) is 11.4 Å². The number of thiazole rings is 1. The molecular formula is C15H17N3OS. The van der Waals surface area contributed by atoms with Crippen LogP contribution in [0, 0.1) is 6.92 Å². The maximum Gasteiger partial charge on any atom is 0.222 e. The fraction of sp³-hybridized carbons (Fsp3) is 0.400. The number of rotatable bonds is 4. The lowest BCUT2D eigenvalue weighted by molar-refractivity contribution is -0.127. The van der Waals surface area contributed by atoms with Gasteiger partial charge in [-0.25, -0.2) is 4.98 Å². The number of carbonyl (C=O) groups excluding carboxylic acids is 1. The molecule has 0 unspecified atom stereocenters. The minimum absolute atomic E-state index is 0.280. The summed E-state index contributed by atoms with van der Waals surface area (Å²) in [6.07, 6.45) is 4.35. The molecule has 0 aliphatic carbocycles. The molecule has 0 N–H and O–H groups in total. The van der Waals surface area contributed by atoms with Gasteiger partial charge in [0.05, 0.1) is 16.4 Å². The first-order valence-electron chi connectivity index (χ1n) is 6.87. The minimum atomic E-state index is 0.280. The lowest BCUT2D eigenvalue weighted by Gasteiger charge is -2.13. The predicted octanol–water partition coefficient (Wildman–Crippen LogP) is 2.68. The van der Waals surface area contributed by atoms with Crippen molar-refractivity contribution < 1.29 is 4.79 Å². The van der Waals surface area contributed by atoms with Crippen LogP contribution in [0.2, 0.25) is 0 Å². The zero-order chi connectivity index (χ0) is 13.9. The van der Waals surface area contributed by atoms with Gasteiger partial charge in [0, 0.05) is 37.5 Å². The van der Waals surface area contributed by atoms with Crippen LogP contribution in [0.1, 0.15) is 23.4 Å². The van der Waals surface area contributed by atoms with E-state index in [1.54, 1.807) is 11.3 Å². The summed E-state index contributed by atoms with van der Waals surface area (Å²) in [5.41, 5.74) is 3.04. The summed E-state index contributed by atoms with van der Waals surface area (Å²) in [4.78, 5) is 22.5. The van der Waals surface area contributed by atoms with Gasteiger partial charge in [-0.15, -0.1) is 11.3 Å². The first-order valence-corrected chi connectivity index (χ1v) is 7.75. The minimum Gasteiger partial charge on any atom is -0.342 e. The molecule has 0 saturated carbocycles. The van der Waals surface area contributed by atoms with Crippen LogP contribution in [-0.4, -0.2) is 33.9 Å².